The molecular formula is C25H27N5O5. The molecule has 0 spiro atoms. The number of fused-ring (bicyclic) bond motifs is 1. The van der Waals surface area contributed by atoms with Crippen molar-refractivity contribution in [3.05, 3.63) is 94.1 Å². The number of H-pyrrole nitrogens is 1. The smallest absolute Gasteiger partial charge is 0.327 e. The lowest BCUT2D eigenvalue weighted by atomic mass is 10.1. The monoisotopic (exact) mass is 477 g/mol. The van der Waals surface area contributed by atoms with Crippen molar-refractivity contribution in [1.29, 1.82) is 5.41 Å². The molecule has 10 nitrogen and oxygen atoms in total. The lowest BCUT2D eigenvalue weighted by Crippen LogP contribution is -2.29. The van der Waals surface area contributed by atoms with Crippen molar-refractivity contribution in [2.24, 2.45) is 0 Å². The molecule has 2 aromatic carbocycles. The first-order valence-corrected chi connectivity index (χ1v) is 11.4. The third kappa shape index (κ3) is 5.19. The Labute approximate surface area is 200 Å². The van der Waals surface area contributed by atoms with Gasteiger partial charge in [0.25, 0.3) is 0 Å². The largest absolute Gasteiger partial charge is 0.425 e. The molecule has 0 bridgehead atoms. The number of ether oxygens (including phenoxy) is 3. The second kappa shape index (κ2) is 10.3. The van der Waals surface area contributed by atoms with Crippen LogP contribution in [0, 0.1) is 5.41 Å². The zero-order valence-electron chi connectivity index (χ0n) is 19.0. The van der Waals surface area contributed by atoms with Gasteiger partial charge < -0.3 is 24.4 Å². The summed E-state index contributed by atoms with van der Waals surface area (Å²) < 4.78 is 20.4. The van der Waals surface area contributed by atoms with Crippen molar-refractivity contribution >= 4 is 11.2 Å². The van der Waals surface area contributed by atoms with E-state index in [9.17, 15) is 10.0 Å². The van der Waals surface area contributed by atoms with Crippen LogP contribution in [0.15, 0.2) is 71.8 Å². The number of hydrogen-bond donors (Lipinski definition) is 3. The molecule has 1 fully saturated rings. The first-order chi connectivity index (χ1) is 17.1. The molecule has 0 amide bonds. The van der Waals surface area contributed by atoms with E-state index in [0.717, 1.165) is 17.5 Å². The molecule has 0 aliphatic carbocycles. The SMILES string of the molecule is N=c1c2[nH]c(=O)n(C[C@H]3C[C@H](OCc4ccccc4)[C@@H](COCc4ccccc4)O3)c2ncn1O. The van der Waals surface area contributed by atoms with Crippen LogP contribution in [0.5, 0.6) is 0 Å². The second-order valence-corrected chi connectivity index (χ2v) is 8.55. The third-order valence-corrected chi connectivity index (χ3v) is 6.08. The number of imidazole rings is 1. The van der Waals surface area contributed by atoms with Crippen molar-refractivity contribution in [2.75, 3.05) is 6.61 Å². The third-order valence-electron chi connectivity index (χ3n) is 6.08. The van der Waals surface area contributed by atoms with E-state index in [1.165, 1.54) is 4.57 Å². The molecule has 4 aromatic rings. The van der Waals surface area contributed by atoms with Gasteiger partial charge in [-0.15, -0.1) is 0 Å². The van der Waals surface area contributed by atoms with Gasteiger partial charge in [-0.1, -0.05) is 60.7 Å². The Kier molecular flexibility index (Phi) is 6.75. The fraction of sp³-hybridized carbons (Fsp3) is 0.320. The van der Waals surface area contributed by atoms with Gasteiger partial charge in [0.2, 0.25) is 0 Å². The van der Waals surface area contributed by atoms with Crippen molar-refractivity contribution in [3.63, 3.8) is 0 Å². The normalized spacial score (nSPS) is 19.9. The average Bonchev–Trinajstić information content (AvgIpc) is 3.42. The summed E-state index contributed by atoms with van der Waals surface area (Å²) in [6, 6.07) is 19.9. The van der Waals surface area contributed by atoms with Gasteiger partial charge in [0.1, 0.15) is 17.9 Å². The average molecular weight is 478 g/mol. The van der Waals surface area contributed by atoms with Gasteiger partial charge in [-0.05, 0) is 11.1 Å². The number of nitrogens with zero attached hydrogens (tertiary/aromatic N) is 3. The van der Waals surface area contributed by atoms with Crippen LogP contribution in [0.3, 0.4) is 0 Å². The number of aromatic nitrogens is 4. The van der Waals surface area contributed by atoms with Gasteiger partial charge in [0.15, 0.2) is 11.1 Å². The van der Waals surface area contributed by atoms with E-state index < -0.39 is 5.69 Å². The highest BCUT2D eigenvalue weighted by Gasteiger charge is 2.37. The molecule has 0 saturated carbocycles. The Morgan fingerprint density at radius 2 is 1.77 bits per heavy atom. The summed E-state index contributed by atoms with van der Waals surface area (Å²) in [5, 5.41) is 17.6. The Morgan fingerprint density at radius 3 is 2.49 bits per heavy atom. The zero-order chi connectivity index (χ0) is 24.2. The highest BCUT2D eigenvalue weighted by molar-refractivity contribution is 5.68. The molecular weight excluding hydrogens is 450 g/mol. The lowest BCUT2D eigenvalue weighted by molar-refractivity contribution is -0.0727. The predicted octanol–water partition coefficient (Wildman–Crippen LogP) is 2.20. The number of aromatic amines is 1. The molecule has 2 aromatic heterocycles. The van der Waals surface area contributed by atoms with E-state index in [0.29, 0.717) is 36.6 Å². The predicted molar refractivity (Wildman–Crippen MR) is 126 cm³/mol. The topological polar surface area (TPSA) is 127 Å². The van der Waals surface area contributed by atoms with Gasteiger partial charge in [-0.2, -0.15) is 4.73 Å². The van der Waals surface area contributed by atoms with E-state index in [2.05, 4.69) is 9.97 Å². The molecule has 35 heavy (non-hydrogen) atoms. The van der Waals surface area contributed by atoms with Crippen LogP contribution in [-0.4, -0.2) is 49.4 Å². The fourth-order valence-electron chi connectivity index (χ4n) is 4.30. The maximum absolute atomic E-state index is 12.6. The van der Waals surface area contributed by atoms with Crippen LogP contribution < -0.4 is 11.2 Å². The van der Waals surface area contributed by atoms with Gasteiger partial charge in [0.05, 0.1) is 38.6 Å². The van der Waals surface area contributed by atoms with Crippen LogP contribution in [0.4, 0.5) is 0 Å². The summed E-state index contributed by atoms with van der Waals surface area (Å²) in [5.74, 6) is 0. The van der Waals surface area contributed by atoms with Crippen LogP contribution in [0.25, 0.3) is 11.2 Å². The van der Waals surface area contributed by atoms with Crippen LogP contribution in [0.1, 0.15) is 17.5 Å². The second-order valence-electron chi connectivity index (χ2n) is 8.55. The molecule has 3 atom stereocenters. The Morgan fingerprint density at radius 1 is 1.09 bits per heavy atom. The van der Waals surface area contributed by atoms with E-state index in [1.54, 1.807) is 0 Å². The fourth-order valence-corrected chi connectivity index (χ4v) is 4.30. The minimum Gasteiger partial charge on any atom is -0.425 e. The highest BCUT2D eigenvalue weighted by Crippen LogP contribution is 2.26. The number of rotatable bonds is 9. The van der Waals surface area contributed by atoms with Crippen molar-refractivity contribution in [3.8, 4) is 0 Å². The number of nitrogens with one attached hydrogen (secondary N) is 2. The van der Waals surface area contributed by atoms with Crippen molar-refractivity contribution in [2.45, 2.75) is 44.5 Å². The Balaban J connectivity index is 1.30. The summed E-state index contributed by atoms with van der Waals surface area (Å²) in [6.45, 7) is 1.51. The van der Waals surface area contributed by atoms with E-state index >= 15 is 0 Å². The van der Waals surface area contributed by atoms with Gasteiger partial charge >= 0.3 is 5.69 Å². The molecule has 0 radical (unpaired) electrons. The highest BCUT2D eigenvalue weighted by atomic mass is 16.6. The minimum absolute atomic E-state index is 0.164. The molecule has 10 heteroatoms. The van der Waals surface area contributed by atoms with Gasteiger partial charge in [0, 0.05) is 6.42 Å². The summed E-state index contributed by atoms with van der Waals surface area (Å²) in [7, 11) is 0. The zero-order valence-corrected chi connectivity index (χ0v) is 19.0. The summed E-state index contributed by atoms with van der Waals surface area (Å²) in [6.07, 6.45) is 0.848. The van der Waals surface area contributed by atoms with Crippen molar-refractivity contribution in [1.82, 2.24) is 19.3 Å². The standard InChI is InChI=1S/C25H27N5O5/c26-23-22-24(27-16-30(23)32)29(25(31)28-22)12-19-11-20(34-14-18-9-5-2-6-10-18)21(35-19)15-33-13-17-7-3-1-4-8-17/h1-10,16,19-21,26,32H,11-15H2,(H,28,31)/t19-,20+,21-/m1/s1. The van der Waals surface area contributed by atoms with Crippen LogP contribution >= 0.6 is 0 Å². The van der Waals surface area contributed by atoms with Crippen LogP contribution in [0.2, 0.25) is 0 Å². The van der Waals surface area contributed by atoms with Crippen LogP contribution in [-0.2, 0) is 34.0 Å². The first-order valence-electron chi connectivity index (χ1n) is 11.4. The van der Waals surface area contributed by atoms with E-state index in [4.69, 9.17) is 19.6 Å². The summed E-state index contributed by atoms with van der Waals surface area (Å²) in [5.41, 5.74) is 1.94. The molecule has 3 heterocycles. The first kappa shape index (κ1) is 23.0. The van der Waals surface area contributed by atoms with Gasteiger partial charge in [-0.25, -0.2) is 9.78 Å². The lowest BCUT2D eigenvalue weighted by Gasteiger charge is -2.19. The number of benzene rings is 2. The molecule has 1 aliphatic heterocycles. The van der Waals surface area contributed by atoms with E-state index in [-0.39, 0.29) is 35.9 Å². The van der Waals surface area contributed by atoms with E-state index in [1.807, 2.05) is 60.7 Å². The van der Waals surface area contributed by atoms with Crippen molar-refractivity contribution < 1.29 is 19.4 Å². The maximum Gasteiger partial charge on any atom is 0.327 e. The molecule has 1 aliphatic rings. The van der Waals surface area contributed by atoms with Gasteiger partial charge in [-0.3, -0.25) is 9.98 Å². The molecule has 3 N–H and O–H groups in total. The molecule has 0 unspecified atom stereocenters. The maximum atomic E-state index is 12.6. The summed E-state index contributed by atoms with van der Waals surface area (Å²) >= 11 is 0. The molecule has 1 saturated heterocycles. The quantitative estimate of drug-likeness (QED) is 0.317. The molecule has 5 rings (SSSR count). The molecule has 182 valence electrons. The number of hydrogen-bond acceptors (Lipinski definition) is 7. The summed E-state index contributed by atoms with van der Waals surface area (Å²) in [4.78, 5) is 19.3. The minimum atomic E-state index is -0.415. The Bertz CT molecular complexity index is 1380. The Hall–Kier alpha value is -3.73.